The van der Waals surface area contributed by atoms with E-state index in [1.165, 1.54) is 13.4 Å². The van der Waals surface area contributed by atoms with Gasteiger partial charge >= 0.3 is 18.2 Å². The number of para-hydroxylation sites is 2. The van der Waals surface area contributed by atoms with Gasteiger partial charge < -0.3 is 18.9 Å². The van der Waals surface area contributed by atoms with E-state index in [0.29, 0.717) is 37.9 Å². The topological polar surface area (TPSA) is 112 Å². The van der Waals surface area contributed by atoms with E-state index < -0.39 is 30.4 Å². The molecular weight excluding hydrogens is 600 g/mol. The van der Waals surface area contributed by atoms with E-state index in [-0.39, 0.29) is 12.5 Å². The number of halogens is 2. The van der Waals surface area contributed by atoms with E-state index in [1.54, 1.807) is 36.4 Å². The van der Waals surface area contributed by atoms with Gasteiger partial charge in [0.2, 0.25) is 0 Å². The Kier molecular flexibility index (Phi) is 8.32. The van der Waals surface area contributed by atoms with Crippen LogP contribution in [0.1, 0.15) is 6.42 Å². The first-order valence-corrected chi connectivity index (χ1v) is 12.5. The molecule has 2 amide bonds. The lowest BCUT2D eigenvalue weighted by atomic mass is 9.83. The van der Waals surface area contributed by atoms with Crippen molar-refractivity contribution in [3.63, 3.8) is 0 Å². The monoisotopic (exact) mass is 620 g/mol. The highest BCUT2D eigenvalue weighted by Gasteiger charge is 2.46. The number of anilines is 2. The lowest BCUT2D eigenvalue weighted by Crippen LogP contribution is -2.39. The summed E-state index contributed by atoms with van der Waals surface area (Å²) in [4.78, 5) is 37.3. The summed E-state index contributed by atoms with van der Waals surface area (Å²) in [5.74, 6) is -1.45. The number of carbonyl (C=O) groups is 3. The van der Waals surface area contributed by atoms with Gasteiger partial charge in [-0.2, -0.15) is 0 Å². The molecule has 0 spiro atoms. The number of hydrogen-bond donors (Lipinski definition) is 2. The zero-order chi connectivity index (χ0) is 25.7. The van der Waals surface area contributed by atoms with Crippen molar-refractivity contribution in [1.82, 2.24) is 0 Å². The normalized spacial score (nSPS) is 20.1. The van der Waals surface area contributed by atoms with Crippen molar-refractivity contribution in [3.05, 3.63) is 81.0 Å². The molecular formula is C25H22Br2N2O7. The average Bonchev–Trinajstić information content (AvgIpc) is 3.30. The number of methoxy groups -OCH3 is 1. The van der Waals surface area contributed by atoms with E-state index in [9.17, 15) is 14.4 Å². The van der Waals surface area contributed by atoms with Crippen LogP contribution in [0.15, 0.2) is 81.0 Å². The van der Waals surface area contributed by atoms with Crippen LogP contribution in [-0.4, -0.2) is 38.2 Å². The molecule has 2 aromatic rings. The molecule has 188 valence electrons. The maximum atomic E-state index is 12.6. The molecule has 0 radical (unpaired) electrons. The van der Waals surface area contributed by atoms with Crippen LogP contribution in [0.3, 0.4) is 0 Å². The molecule has 9 nitrogen and oxygen atoms in total. The van der Waals surface area contributed by atoms with Crippen molar-refractivity contribution in [2.75, 3.05) is 24.4 Å². The number of nitrogens with one attached hydrogen (secondary N) is 2. The molecule has 0 saturated heterocycles. The molecule has 2 N–H and O–H groups in total. The van der Waals surface area contributed by atoms with Gasteiger partial charge in [-0.3, -0.25) is 10.6 Å². The maximum Gasteiger partial charge on any atom is 0.414 e. The van der Waals surface area contributed by atoms with Crippen LogP contribution in [0, 0.1) is 11.8 Å². The van der Waals surface area contributed by atoms with Crippen LogP contribution >= 0.6 is 31.9 Å². The predicted octanol–water partition coefficient (Wildman–Crippen LogP) is 5.98. The molecule has 3 atom stereocenters. The van der Waals surface area contributed by atoms with Crippen molar-refractivity contribution >= 4 is 61.4 Å². The first-order valence-electron chi connectivity index (χ1n) is 10.9. The molecule has 1 aliphatic heterocycles. The summed E-state index contributed by atoms with van der Waals surface area (Å²) < 4.78 is 22.9. The van der Waals surface area contributed by atoms with Gasteiger partial charge in [-0.05, 0) is 68.1 Å². The fourth-order valence-corrected chi connectivity index (χ4v) is 4.82. The van der Waals surface area contributed by atoms with Gasteiger partial charge in [0.25, 0.3) is 6.29 Å². The molecule has 11 heteroatoms. The van der Waals surface area contributed by atoms with Gasteiger partial charge in [0, 0.05) is 14.9 Å². The van der Waals surface area contributed by atoms with E-state index in [4.69, 9.17) is 18.9 Å². The minimum atomic E-state index is -1.05. The summed E-state index contributed by atoms with van der Waals surface area (Å²) >= 11 is 6.74. The Morgan fingerprint density at radius 2 is 1.58 bits per heavy atom. The fraction of sp³-hybridized carbons (Fsp3) is 0.240. The zero-order valence-corrected chi connectivity index (χ0v) is 22.2. The summed E-state index contributed by atoms with van der Waals surface area (Å²) in [5.41, 5.74) is 2.06. The largest absolute Gasteiger partial charge is 0.466 e. The second kappa shape index (κ2) is 11.6. The first-order chi connectivity index (χ1) is 17.4. The number of hydrogen-bond acceptors (Lipinski definition) is 7. The predicted molar refractivity (Wildman–Crippen MR) is 138 cm³/mol. The van der Waals surface area contributed by atoms with E-state index >= 15 is 0 Å². The molecule has 0 aromatic heterocycles. The number of rotatable bonds is 6. The van der Waals surface area contributed by atoms with E-state index in [2.05, 4.69) is 42.5 Å². The third-order valence-electron chi connectivity index (χ3n) is 5.75. The SMILES string of the molecule is COC(=O)C1=COC(OC(=O)Nc2ccccc2Br)[C@@H]2C(COC(=O)Nc3ccccc3Br)=CC[C@H]12. The first kappa shape index (κ1) is 25.8. The third kappa shape index (κ3) is 5.90. The van der Waals surface area contributed by atoms with Crippen molar-refractivity contribution in [3.8, 4) is 0 Å². The standard InChI is InChI=1S/C25H22Br2N2O7/c1-33-22(30)16-13-34-23(36-25(32)29-20-9-5-3-7-18(20)27)21-14(10-11-15(16)21)12-35-24(31)28-19-8-4-2-6-17(19)26/h2-10,13,15,21,23H,11-12H2,1H3,(H,28,31)(H,29,32)/t15-,21-,23?/m1/s1. The highest BCUT2D eigenvalue weighted by molar-refractivity contribution is 9.11. The smallest absolute Gasteiger partial charge is 0.414 e. The Morgan fingerprint density at radius 3 is 2.19 bits per heavy atom. The van der Waals surface area contributed by atoms with Gasteiger partial charge in [-0.15, -0.1) is 0 Å². The minimum absolute atomic E-state index is 0.0824. The Morgan fingerprint density at radius 1 is 0.972 bits per heavy atom. The van der Waals surface area contributed by atoms with Gasteiger partial charge in [-0.25, -0.2) is 14.4 Å². The molecule has 2 aromatic carbocycles. The van der Waals surface area contributed by atoms with Gasteiger partial charge in [0.05, 0.1) is 36.2 Å². The van der Waals surface area contributed by atoms with Crippen LogP contribution in [0.4, 0.5) is 21.0 Å². The van der Waals surface area contributed by atoms with Crippen LogP contribution in [0.5, 0.6) is 0 Å². The van der Waals surface area contributed by atoms with E-state index in [1.807, 2.05) is 18.2 Å². The second-order valence-electron chi connectivity index (χ2n) is 7.91. The van der Waals surface area contributed by atoms with Gasteiger partial charge in [-0.1, -0.05) is 30.3 Å². The van der Waals surface area contributed by atoms with Crippen LogP contribution in [-0.2, 0) is 23.7 Å². The molecule has 4 rings (SSSR count). The van der Waals surface area contributed by atoms with Crippen molar-refractivity contribution < 1.29 is 33.3 Å². The van der Waals surface area contributed by atoms with Crippen LogP contribution < -0.4 is 10.6 Å². The second-order valence-corrected chi connectivity index (χ2v) is 9.62. The highest BCUT2D eigenvalue weighted by atomic mass is 79.9. The number of amides is 2. The highest BCUT2D eigenvalue weighted by Crippen LogP contribution is 2.44. The molecule has 0 saturated carbocycles. The van der Waals surface area contributed by atoms with Gasteiger partial charge in [0.15, 0.2) is 0 Å². The van der Waals surface area contributed by atoms with Crippen molar-refractivity contribution in [2.24, 2.45) is 11.8 Å². The maximum absolute atomic E-state index is 12.6. The number of fused-ring (bicyclic) bond motifs is 1. The molecule has 36 heavy (non-hydrogen) atoms. The van der Waals surface area contributed by atoms with E-state index in [0.717, 1.165) is 0 Å². The quantitative estimate of drug-likeness (QED) is 0.232. The van der Waals surface area contributed by atoms with Crippen molar-refractivity contribution in [1.29, 1.82) is 0 Å². The number of allylic oxidation sites excluding steroid dienone is 1. The third-order valence-corrected chi connectivity index (χ3v) is 7.14. The Balaban J connectivity index is 1.45. The number of benzene rings is 2. The lowest BCUT2D eigenvalue weighted by Gasteiger charge is -2.34. The lowest BCUT2D eigenvalue weighted by molar-refractivity contribution is -0.141. The number of ether oxygens (including phenoxy) is 4. The number of carbonyl (C=O) groups excluding carboxylic acids is 3. The fourth-order valence-electron chi connectivity index (χ4n) is 4.06. The molecule has 0 fully saturated rings. The van der Waals surface area contributed by atoms with Gasteiger partial charge in [0.1, 0.15) is 6.61 Å². The van der Waals surface area contributed by atoms with Crippen LogP contribution in [0.25, 0.3) is 0 Å². The zero-order valence-electron chi connectivity index (χ0n) is 19.0. The number of esters is 1. The summed E-state index contributed by atoms with van der Waals surface area (Å²) in [7, 11) is 1.28. The molecule has 1 heterocycles. The Labute approximate surface area is 224 Å². The summed E-state index contributed by atoms with van der Waals surface area (Å²) in [6, 6.07) is 14.2. The van der Waals surface area contributed by atoms with Crippen molar-refractivity contribution in [2.45, 2.75) is 12.7 Å². The Hall–Kier alpha value is -3.31. The van der Waals surface area contributed by atoms with Crippen LogP contribution in [0.2, 0.25) is 0 Å². The summed E-state index contributed by atoms with van der Waals surface area (Å²) in [6.07, 6.45) is 1.14. The molecule has 2 aliphatic rings. The summed E-state index contributed by atoms with van der Waals surface area (Å²) in [6.45, 7) is -0.0824. The minimum Gasteiger partial charge on any atom is -0.466 e. The molecule has 0 bridgehead atoms. The molecule has 1 unspecified atom stereocenters. The summed E-state index contributed by atoms with van der Waals surface area (Å²) in [5, 5.41) is 5.33. The average molecular weight is 622 g/mol. The Bertz CT molecular complexity index is 1230. The molecule has 1 aliphatic carbocycles.